The largest absolute Gasteiger partial charge is 0.506 e. The van der Waals surface area contributed by atoms with Gasteiger partial charge in [-0.05, 0) is 72.8 Å². The standard InChI is InChI=1S/C35H26N10O6/c46-22-1-7-28(36-15-22)43(29-8-2-23(47)16-37-29)21-13-34(44(30-9-3-24(48)17-38-30)31-10-4-25(49)18-39-31)42-35(14-21)45(32-11-5-26(50)19-40-32)33-12-6-27(51)20-41-33/h1-20,46-51H. The highest BCUT2D eigenvalue weighted by molar-refractivity contribution is 5.83. The average Bonchev–Trinajstić information content (AvgIpc) is 3.13. The van der Waals surface area contributed by atoms with Crippen LogP contribution >= 0.6 is 0 Å². The third kappa shape index (κ3) is 6.81. The molecule has 0 amide bonds. The molecule has 7 aromatic heterocycles. The maximum Gasteiger partial charge on any atom is 0.144 e. The first-order chi connectivity index (χ1) is 24.7. The molecule has 0 saturated heterocycles. The van der Waals surface area contributed by atoms with Crippen molar-refractivity contribution in [3.63, 3.8) is 0 Å². The quantitative estimate of drug-likeness (QED) is 0.101. The maximum atomic E-state index is 10.1. The molecule has 0 unspecified atom stereocenters. The van der Waals surface area contributed by atoms with E-state index >= 15 is 0 Å². The van der Waals surface area contributed by atoms with E-state index in [1.165, 1.54) is 73.6 Å². The molecule has 7 aromatic rings. The number of anilines is 9. The van der Waals surface area contributed by atoms with Gasteiger partial charge in [0.2, 0.25) is 0 Å². The Hall–Kier alpha value is -7.75. The molecule has 16 nitrogen and oxygen atoms in total. The van der Waals surface area contributed by atoms with Crippen LogP contribution in [0.5, 0.6) is 34.5 Å². The van der Waals surface area contributed by atoms with Crippen LogP contribution in [0.1, 0.15) is 0 Å². The predicted molar refractivity (Wildman–Crippen MR) is 185 cm³/mol. The van der Waals surface area contributed by atoms with Gasteiger partial charge in [0, 0.05) is 12.1 Å². The van der Waals surface area contributed by atoms with Crippen LogP contribution in [0, 0.1) is 0 Å². The second kappa shape index (κ2) is 13.4. The van der Waals surface area contributed by atoms with Gasteiger partial charge in [0.15, 0.2) is 0 Å². The van der Waals surface area contributed by atoms with Crippen molar-refractivity contribution in [3.05, 3.63) is 122 Å². The van der Waals surface area contributed by atoms with Crippen molar-refractivity contribution >= 4 is 52.2 Å². The third-order valence-electron chi connectivity index (χ3n) is 7.27. The molecule has 0 radical (unpaired) electrons. The van der Waals surface area contributed by atoms with Gasteiger partial charge in [-0.2, -0.15) is 0 Å². The summed E-state index contributed by atoms with van der Waals surface area (Å²) < 4.78 is 0. The molecule has 16 heteroatoms. The first-order valence-electron chi connectivity index (χ1n) is 15.0. The SMILES string of the molecule is Oc1ccc(N(c2cc(N(c3ccc(O)cn3)c3ccc(O)cn3)nc(N(c3ccc(O)cn3)c3ccc(O)cn3)c2)c2ccc(O)cn2)nc1. The molecule has 0 aliphatic rings. The van der Waals surface area contributed by atoms with E-state index in [0.717, 1.165) is 0 Å². The number of aromatic nitrogens is 7. The Balaban J connectivity index is 1.54. The normalized spacial score (nSPS) is 10.8. The highest BCUT2D eigenvalue weighted by Gasteiger charge is 2.26. The van der Waals surface area contributed by atoms with E-state index in [-0.39, 0.29) is 69.4 Å². The second-order valence-electron chi connectivity index (χ2n) is 10.8. The number of hydrogen-bond acceptors (Lipinski definition) is 16. The Bertz CT molecular complexity index is 1850. The number of rotatable bonds is 9. The van der Waals surface area contributed by atoms with Crippen molar-refractivity contribution in [2.45, 2.75) is 0 Å². The second-order valence-corrected chi connectivity index (χ2v) is 10.8. The van der Waals surface area contributed by atoms with Gasteiger partial charge in [-0.1, -0.05) is 0 Å². The number of pyridine rings is 7. The molecular weight excluding hydrogens is 656 g/mol. The fourth-order valence-corrected chi connectivity index (χ4v) is 5.00. The highest BCUT2D eigenvalue weighted by atomic mass is 16.3. The first kappa shape index (κ1) is 31.8. The minimum Gasteiger partial charge on any atom is -0.506 e. The van der Waals surface area contributed by atoms with Crippen molar-refractivity contribution in [1.29, 1.82) is 0 Å². The summed E-state index contributed by atoms with van der Waals surface area (Å²) >= 11 is 0. The van der Waals surface area contributed by atoms with Crippen LogP contribution < -0.4 is 14.7 Å². The van der Waals surface area contributed by atoms with Crippen LogP contribution in [-0.4, -0.2) is 65.5 Å². The summed E-state index contributed by atoms with van der Waals surface area (Å²) in [6.45, 7) is 0. The van der Waals surface area contributed by atoms with E-state index < -0.39 is 0 Å². The van der Waals surface area contributed by atoms with E-state index in [2.05, 4.69) is 29.9 Å². The van der Waals surface area contributed by atoms with Crippen molar-refractivity contribution < 1.29 is 30.6 Å². The Morgan fingerprint density at radius 2 is 0.529 bits per heavy atom. The van der Waals surface area contributed by atoms with Gasteiger partial charge in [0.25, 0.3) is 0 Å². The average molecular weight is 683 g/mol. The molecule has 51 heavy (non-hydrogen) atoms. The van der Waals surface area contributed by atoms with Gasteiger partial charge >= 0.3 is 0 Å². The van der Waals surface area contributed by atoms with Crippen LogP contribution in [-0.2, 0) is 0 Å². The maximum absolute atomic E-state index is 10.1. The zero-order valence-electron chi connectivity index (χ0n) is 26.2. The summed E-state index contributed by atoms with van der Waals surface area (Å²) in [6.07, 6.45) is 7.57. The van der Waals surface area contributed by atoms with E-state index in [1.807, 2.05) is 0 Å². The lowest BCUT2D eigenvalue weighted by Crippen LogP contribution is -2.20. The smallest absolute Gasteiger partial charge is 0.144 e. The molecule has 7 heterocycles. The molecule has 0 atom stereocenters. The van der Waals surface area contributed by atoms with Crippen LogP contribution in [0.25, 0.3) is 0 Å². The summed E-state index contributed by atoms with van der Waals surface area (Å²) in [6, 6.07) is 21.4. The first-order valence-corrected chi connectivity index (χ1v) is 15.0. The number of aromatic hydroxyl groups is 6. The molecule has 0 aliphatic heterocycles. The van der Waals surface area contributed by atoms with Gasteiger partial charge in [-0.15, -0.1) is 0 Å². The Kier molecular flexibility index (Phi) is 8.36. The van der Waals surface area contributed by atoms with E-state index in [0.29, 0.717) is 17.3 Å². The topological polar surface area (TPSA) is 221 Å². The fourth-order valence-electron chi connectivity index (χ4n) is 5.00. The van der Waals surface area contributed by atoms with E-state index in [4.69, 9.17) is 4.98 Å². The van der Waals surface area contributed by atoms with Crippen molar-refractivity contribution in [3.8, 4) is 34.5 Å². The molecule has 0 saturated carbocycles. The van der Waals surface area contributed by atoms with E-state index in [9.17, 15) is 30.6 Å². The van der Waals surface area contributed by atoms with Crippen LogP contribution in [0.4, 0.5) is 52.2 Å². The van der Waals surface area contributed by atoms with Crippen molar-refractivity contribution in [2.24, 2.45) is 0 Å². The van der Waals surface area contributed by atoms with Crippen LogP contribution in [0.2, 0.25) is 0 Å². The van der Waals surface area contributed by atoms with Gasteiger partial charge < -0.3 is 30.6 Å². The molecule has 7 rings (SSSR count). The molecule has 0 fully saturated rings. The van der Waals surface area contributed by atoms with Crippen LogP contribution in [0.3, 0.4) is 0 Å². The Labute approximate surface area is 288 Å². The fraction of sp³-hybridized carbons (Fsp3) is 0. The summed E-state index contributed by atoms with van der Waals surface area (Å²) in [7, 11) is 0. The highest BCUT2D eigenvalue weighted by Crippen LogP contribution is 2.42. The minimum absolute atomic E-state index is 0.0700. The van der Waals surface area contributed by atoms with E-state index in [1.54, 1.807) is 63.2 Å². The predicted octanol–water partition coefficient (Wildman–Crippen LogP) is 6.09. The molecule has 6 N–H and O–H groups in total. The van der Waals surface area contributed by atoms with Gasteiger partial charge in [0.1, 0.15) is 81.0 Å². The summed E-state index contributed by atoms with van der Waals surface area (Å²) in [4.78, 5) is 36.4. The van der Waals surface area contributed by atoms with Crippen molar-refractivity contribution in [2.75, 3.05) is 14.7 Å². The molecule has 0 spiro atoms. The molecular formula is C35H26N10O6. The zero-order valence-corrected chi connectivity index (χ0v) is 26.2. The van der Waals surface area contributed by atoms with Gasteiger partial charge in [-0.25, -0.2) is 34.9 Å². The third-order valence-corrected chi connectivity index (χ3v) is 7.27. The summed E-state index contributed by atoms with van der Waals surface area (Å²) in [5, 5.41) is 60.5. The monoisotopic (exact) mass is 682 g/mol. The summed E-state index contributed by atoms with van der Waals surface area (Å²) in [5.74, 6) is 1.77. The van der Waals surface area contributed by atoms with Crippen LogP contribution in [0.15, 0.2) is 122 Å². The Morgan fingerprint density at radius 1 is 0.294 bits per heavy atom. The molecule has 252 valence electrons. The summed E-state index contributed by atoms with van der Waals surface area (Å²) in [5.41, 5.74) is 0.400. The lowest BCUT2D eigenvalue weighted by molar-refractivity contribution is 0.472. The Morgan fingerprint density at radius 3 is 0.745 bits per heavy atom. The van der Waals surface area contributed by atoms with Crippen molar-refractivity contribution in [1.82, 2.24) is 34.9 Å². The van der Waals surface area contributed by atoms with Gasteiger partial charge in [0.05, 0.1) is 42.9 Å². The molecule has 0 bridgehead atoms. The lowest BCUT2D eigenvalue weighted by atomic mass is 10.2. The number of hydrogen-bond donors (Lipinski definition) is 6. The minimum atomic E-state index is -0.0780. The zero-order chi connectivity index (χ0) is 35.5. The number of nitrogens with zero attached hydrogens (tertiary/aromatic N) is 10. The lowest BCUT2D eigenvalue weighted by Gasteiger charge is -2.29. The van der Waals surface area contributed by atoms with Gasteiger partial charge in [-0.3, -0.25) is 14.7 Å². The molecule has 0 aromatic carbocycles. The molecule has 0 aliphatic carbocycles.